The van der Waals surface area contributed by atoms with Gasteiger partial charge in [0, 0.05) is 18.9 Å². The third-order valence-electron chi connectivity index (χ3n) is 5.45. The molecule has 1 aliphatic heterocycles. The molecule has 4 N–H and O–H groups in total. The quantitative estimate of drug-likeness (QED) is 0.288. The van der Waals surface area contributed by atoms with Crippen LogP contribution in [0, 0.1) is 0 Å². The fourth-order valence-electron chi connectivity index (χ4n) is 3.40. The largest absolute Gasteiger partial charge is 0.475 e. The van der Waals surface area contributed by atoms with Gasteiger partial charge in [0.05, 0.1) is 38.3 Å². The van der Waals surface area contributed by atoms with Crippen molar-refractivity contribution in [3.63, 3.8) is 0 Å². The molecule has 9 nitrogen and oxygen atoms in total. The number of nitrogens with zero attached hydrogens (tertiary/aromatic N) is 3. The fraction of sp³-hybridized carbons (Fsp3) is 0.700. The maximum absolute atomic E-state index is 12.2. The number of primary amides is 1. The molecule has 0 radical (unpaired) electrons. The predicted octanol–water partition coefficient (Wildman–Crippen LogP) is 1.82. The van der Waals surface area contributed by atoms with E-state index in [1.807, 2.05) is 14.0 Å². The van der Waals surface area contributed by atoms with E-state index in [1.54, 1.807) is 0 Å². The zero-order chi connectivity index (χ0) is 22.1. The number of hydrogen-bond acceptors (Lipinski definition) is 8. The molecule has 1 aromatic heterocycles. The molecule has 30 heavy (non-hydrogen) atoms. The minimum Gasteiger partial charge on any atom is -0.475 e. The van der Waals surface area contributed by atoms with Crippen molar-refractivity contribution in [2.24, 2.45) is 11.5 Å². The van der Waals surface area contributed by atoms with Crippen LogP contribution in [0.1, 0.15) is 58.1 Å². The molecule has 1 aromatic rings. The van der Waals surface area contributed by atoms with Gasteiger partial charge in [-0.15, -0.1) is 4.37 Å². The van der Waals surface area contributed by atoms with E-state index in [4.69, 9.17) is 20.9 Å². The molecule has 2 unspecified atom stereocenters. The van der Waals surface area contributed by atoms with Crippen molar-refractivity contribution < 1.29 is 23.5 Å². The number of rotatable bonds is 12. The molecule has 0 bridgehead atoms. The lowest BCUT2D eigenvalue weighted by molar-refractivity contribution is -0.944. The summed E-state index contributed by atoms with van der Waals surface area (Å²) in [6, 6.07) is -1.05. The number of likely N-dealkylation sites (N-methyl/N-ethyl adjacent to an activating group) is 1. The van der Waals surface area contributed by atoms with Gasteiger partial charge in [-0.3, -0.25) is 14.1 Å². The van der Waals surface area contributed by atoms with Crippen LogP contribution in [0.5, 0.6) is 5.88 Å². The molecule has 0 aromatic carbocycles. The van der Waals surface area contributed by atoms with E-state index >= 15 is 0 Å². The van der Waals surface area contributed by atoms with Gasteiger partial charge in [-0.2, -0.15) is 4.37 Å². The van der Waals surface area contributed by atoms with Crippen LogP contribution >= 0.6 is 11.7 Å². The number of quaternary nitrogens is 1. The zero-order valence-corrected chi connectivity index (χ0v) is 19.0. The van der Waals surface area contributed by atoms with Gasteiger partial charge in [0.1, 0.15) is 18.3 Å². The van der Waals surface area contributed by atoms with Crippen molar-refractivity contribution in [1.29, 1.82) is 0 Å². The van der Waals surface area contributed by atoms with Crippen molar-refractivity contribution in [2.45, 2.75) is 64.6 Å². The number of nitrogens with two attached hydrogens (primary N) is 2. The Morgan fingerprint density at radius 3 is 2.77 bits per heavy atom. The number of ether oxygens (including phenoxy) is 2. The van der Waals surface area contributed by atoms with Crippen LogP contribution in [0.3, 0.4) is 0 Å². The second-order valence-corrected chi connectivity index (χ2v) is 8.55. The van der Waals surface area contributed by atoms with Crippen LogP contribution in [0.25, 0.3) is 5.57 Å². The second kappa shape index (κ2) is 11.4. The lowest BCUT2D eigenvalue weighted by atomic mass is 10.0. The average molecular weight is 441 g/mol. The Hall–Kier alpha value is -2.04. The Balaban J connectivity index is 1.99. The molecule has 2 rings (SSSR count). The van der Waals surface area contributed by atoms with Crippen LogP contribution < -0.4 is 16.2 Å². The molecule has 1 amide bonds. The second-order valence-electron chi connectivity index (χ2n) is 8.02. The topological polar surface area (TPSA) is 130 Å². The predicted molar refractivity (Wildman–Crippen MR) is 115 cm³/mol. The number of unbranched alkanes of at least 4 members (excludes halogenated alkanes) is 3. The smallest absolute Gasteiger partial charge is 0.327 e. The van der Waals surface area contributed by atoms with E-state index in [-0.39, 0.29) is 6.42 Å². The molecule has 0 saturated heterocycles. The lowest BCUT2D eigenvalue weighted by Gasteiger charge is -2.41. The Bertz CT molecular complexity index is 753. The minimum absolute atomic E-state index is 0.232. The van der Waals surface area contributed by atoms with Gasteiger partial charge in [0.15, 0.2) is 0 Å². The standard InChI is InChI=1S/C20H33N5O4S/c1-4-5-6-7-11-28-19-18(23-30-24-19)15-9-8-10-25(3,13-15)14(2)29-20(27)16(21)12-17(22)26/h9,14,16H,4-8,10-13,21H2,1-3H3,(H-,22,26)/p+1/t14?,16-,25?/m0/s1. The summed E-state index contributed by atoms with van der Waals surface area (Å²) < 4.78 is 20.7. The van der Waals surface area contributed by atoms with E-state index in [2.05, 4.69) is 21.7 Å². The first-order chi connectivity index (χ1) is 14.3. The molecule has 1 aliphatic rings. The van der Waals surface area contributed by atoms with Crippen LogP contribution in [-0.2, 0) is 14.3 Å². The summed E-state index contributed by atoms with van der Waals surface area (Å²) in [6.07, 6.45) is 6.81. The molecular weight excluding hydrogens is 406 g/mol. The van der Waals surface area contributed by atoms with E-state index in [9.17, 15) is 9.59 Å². The molecule has 0 aliphatic carbocycles. The van der Waals surface area contributed by atoms with Crippen LogP contribution in [-0.4, -0.2) is 64.1 Å². The molecule has 0 spiro atoms. The highest BCUT2D eigenvalue weighted by atomic mass is 32.1. The van der Waals surface area contributed by atoms with Crippen molar-refractivity contribution in [2.75, 3.05) is 26.7 Å². The number of carbonyl (C=O) groups is 2. The highest BCUT2D eigenvalue weighted by Gasteiger charge is 2.37. The van der Waals surface area contributed by atoms with Gasteiger partial charge in [-0.1, -0.05) is 32.3 Å². The average Bonchev–Trinajstić information content (AvgIpc) is 3.16. The number of hydrogen-bond donors (Lipinski definition) is 2. The molecule has 2 heterocycles. The normalized spacial score (nSPS) is 20.9. The summed E-state index contributed by atoms with van der Waals surface area (Å²) in [6.45, 7) is 6.06. The molecule has 3 atom stereocenters. The van der Waals surface area contributed by atoms with E-state index < -0.39 is 24.1 Å². The van der Waals surface area contributed by atoms with Crippen molar-refractivity contribution >= 4 is 29.2 Å². The Morgan fingerprint density at radius 2 is 2.07 bits per heavy atom. The fourth-order valence-corrected chi connectivity index (χ4v) is 3.93. The molecule has 0 fully saturated rings. The maximum Gasteiger partial charge on any atom is 0.327 e. The number of amides is 1. The van der Waals surface area contributed by atoms with Gasteiger partial charge in [0.25, 0.3) is 5.88 Å². The summed E-state index contributed by atoms with van der Waals surface area (Å²) in [4.78, 5) is 23.2. The Labute approximate surface area is 182 Å². The summed E-state index contributed by atoms with van der Waals surface area (Å²) in [5.74, 6) is -0.679. The third-order valence-corrected chi connectivity index (χ3v) is 5.96. The van der Waals surface area contributed by atoms with Crippen LogP contribution in [0.15, 0.2) is 6.08 Å². The molecular formula is C20H34N5O4S+. The number of carbonyl (C=O) groups excluding carboxylic acids is 2. The Morgan fingerprint density at radius 1 is 1.30 bits per heavy atom. The first-order valence-electron chi connectivity index (χ1n) is 10.5. The maximum atomic E-state index is 12.2. The summed E-state index contributed by atoms with van der Waals surface area (Å²) in [7, 11) is 2.02. The monoisotopic (exact) mass is 440 g/mol. The summed E-state index contributed by atoms with van der Waals surface area (Å²) >= 11 is 1.14. The van der Waals surface area contributed by atoms with Gasteiger partial charge in [0.2, 0.25) is 12.1 Å². The highest BCUT2D eigenvalue weighted by molar-refractivity contribution is 6.99. The van der Waals surface area contributed by atoms with Crippen LogP contribution in [0.4, 0.5) is 0 Å². The number of aromatic nitrogens is 2. The van der Waals surface area contributed by atoms with Gasteiger partial charge >= 0.3 is 5.97 Å². The highest BCUT2D eigenvalue weighted by Crippen LogP contribution is 2.31. The molecule has 10 heteroatoms. The third kappa shape index (κ3) is 6.75. The molecule has 168 valence electrons. The first-order valence-corrected chi connectivity index (χ1v) is 11.2. The van der Waals surface area contributed by atoms with Crippen molar-refractivity contribution in [3.8, 4) is 5.88 Å². The lowest BCUT2D eigenvalue weighted by Crippen LogP contribution is -2.56. The van der Waals surface area contributed by atoms with Gasteiger partial charge in [-0.25, -0.2) is 0 Å². The zero-order valence-electron chi connectivity index (χ0n) is 18.1. The van der Waals surface area contributed by atoms with E-state index in [0.717, 1.165) is 48.8 Å². The molecule has 0 saturated carbocycles. The van der Waals surface area contributed by atoms with Crippen molar-refractivity contribution in [3.05, 3.63) is 11.8 Å². The first kappa shape index (κ1) is 24.2. The summed E-state index contributed by atoms with van der Waals surface area (Å²) in [5, 5.41) is 0. The van der Waals surface area contributed by atoms with E-state index in [1.165, 1.54) is 12.8 Å². The Kier molecular flexibility index (Phi) is 9.19. The van der Waals surface area contributed by atoms with Gasteiger partial charge in [-0.05, 0) is 6.42 Å². The number of esters is 1. The summed E-state index contributed by atoms with van der Waals surface area (Å²) in [5.41, 5.74) is 12.6. The van der Waals surface area contributed by atoms with E-state index in [0.29, 0.717) is 23.5 Å². The van der Waals surface area contributed by atoms with Crippen LogP contribution in [0.2, 0.25) is 0 Å². The van der Waals surface area contributed by atoms with Gasteiger partial charge < -0.3 is 20.9 Å². The SMILES string of the molecule is CCCCCCOc1nsnc1C1=CCC[N+](C)(C(C)OC(=O)[C@@H](N)CC(N)=O)C1. The van der Waals surface area contributed by atoms with Crippen molar-refractivity contribution in [1.82, 2.24) is 8.75 Å². The minimum atomic E-state index is -1.05.